The Morgan fingerprint density at radius 3 is 2.67 bits per heavy atom. The average molecular weight is 266 g/mol. The number of rotatable bonds is 7. The number of hydrogen-bond acceptors (Lipinski definition) is 2. The maximum atomic E-state index is 12.1. The van der Waals surface area contributed by atoms with Crippen LogP contribution >= 0.6 is 0 Å². The molecule has 0 aromatic carbocycles. The van der Waals surface area contributed by atoms with Gasteiger partial charge in [-0.2, -0.15) is 13.2 Å². The topological polar surface area (TPSA) is 15.3 Å². The fourth-order valence-corrected chi connectivity index (χ4v) is 2.44. The largest absolute Gasteiger partial charge is 0.389 e. The van der Waals surface area contributed by atoms with Gasteiger partial charge in [-0.1, -0.05) is 13.8 Å². The summed E-state index contributed by atoms with van der Waals surface area (Å²) < 4.78 is 36.3. The van der Waals surface area contributed by atoms with Crippen LogP contribution in [-0.4, -0.2) is 43.3 Å². The fourth-order valence-electron chi connectivity index (χ4n) is 2.44. The predicted molar refractivity (Wildman–Crippen MR) is 67.6 cm³/mol. The number of likely N-dealkylation sites (tertiary alicyclic amines) is 1. The van der Waals surface area contributed by atoms with E-state index in [4.69, 9.17) is 0 Å². The number of nitrogens with one attached hydrogen (secondary N) is 1. The van der Waals surface area contributed by atoms with Crippen LogP contribution < -0.4 is 5.32 Å². The third-order valence-corrected chi connectivity index (χ3v) is 3.34. The SMILES string of the molecule is CC(C)CNCC1CCCN1CCCC(F)(F)F. The fraction of sp³-hybridized carbons (Fsp3) is 1.00. The Kier molecular flexibility index (Phi) is 6.43. The highest BCUT2D eigenvalue weighted by Crippen LogP contribution is 2.23. The predicted octanol–water partition coefficient (Wildman–Crippen LogP) is 3.04. The Morgan fingerprint density at radius 1 is 1.33 bits per heavy atom. The zero-order chi connectivity index (χ0) is 13.6. The zero-order valence-electron chi connectivity index (χ0n) is 11.4. The lowest BCUT2D eigenvalue weighted by atomic mass is 10.2. The van der Waals surface area contributed by atoms with Crippen LogP contribution in [0.15, 0.2) is 0 Å². The molecule has 5 heteroatoms. The van der Waals surface area contributed by atoms with Gasteiger partial charge >= 0.3 is 6.18 Å². The summed E-state index contributed by atoms with van der Waals surface area (Å²) >= 11 is 0. The average Bonchev–Trinajstić information content (AvgIpc) is 2.63. The van der Waals surface area contributed by atoms with Gasteiger partial charge in [0.05, 0.1) is 0 Å². The molecule has 1 N–H and O–H groups in total. The van der Waals surface area contributed by atoms with Gasteiger partial charge in [0, 0.05) is 19.0 Å². The lowest BCUT2D eigenvalue weighted by Crippen LogP contribution is -2.39. The van der Waals surface area contributed by atoms with Crippen molar-refractivity contribution in [2.45, 2.75) is 51.7 Å². The summed E-state index contributed by atoms with van der Waals surface area (Å²) in [7, 11) is 0. The summed E-state index contributed by atoms with van der Waals surface area (Å²) in [6.45, 7) is 7.72. The van der Waals surface area contributed by atoms with Crippen molar-refractivity contribution in [3.63, 3.8) is 0 Å². The molecule has 108 valence electrons. The molecular formula is C13H25F3N2. The van der Waals surface area contributed by atoms with E-state index < -0.39 is 12.6 Å². The summed E-state index contributed by atoms with van der Waals surface area (Å²) in [5, 5.41) is 3.40. The number of halogens is 3. The molecule has 1 heterocycles. The first-order valence-corrected chi connectivity index (χ1v) is 6.90. The van der Waals surface area contributed by atoms with E-state index in [1.807, 2.05) is 0 Å². The Bertz CT molecular complexity index is 229. The quantitative estimate of drug-likeness (QED) is 0.762. The van der Waals surface area contributed by atoms with E-state index in [0.29, 0.717) is 18.5 Å². The van der Waals surface area contributed by atoms with Crippen LogP contribution in [-0.2, 0) is 0 Å². The highest BCUT2D eigenvalue weighted by Gasteiger charge is 2.28. The molecule has 0 aromatic rings. The smallest absolute Gasteiger partial charge is 0.315 e. The standard InChI is InChI=1S/C13H25F3N2/c1-11(2)9-17-10-12-5-3-7-18(12)8-4-6-13(14,15)16/h11-12,17H,3-10H2,1-2H3. The van der Waals surface area contributed by atoms with E-state index in [2.05, 4.69) is 24.1 Å². The second-order valence-electron chi connectivity index (χ2n) is 5.60. The molecule has 1 aliphatic rings. The minimum atomic E-state index is -4.01. The molecule has 0 bridgehead atoms. The van der Waals surface area contributed by atoms with Crippen LogP contribution in [0.5, 0.6) is 0 Å². The van der Waals surface area contributed by atoms with Crippen LogP contribution in [0.3, 0.4) is 0 Å². The molecule has 0 spiro atoms. The van der Waals surface area contributed by atoms with Crippen molar-refractivity contribution in [2.24, 2.45) is 5.92 Å². The van der Waals surface area contributed by atoms with Crippen molar-refractivity contribution < 1.29 is 13.2 Å². The van der Waals surface area contributed by atoms with Crippen molar-refractivity contribution in [1.29, 1.82) is 0 Å². The minimum Gasteiger partial charge on any atom is -0.315 e. The Balaban J connectivity index is 2.19. The first kappa shape index (κ1) is 15.8. The summed E-state index contributed by atoms with van der Waals surface area (Å²) in [4.78, 5) is 2.21. The highest BCUT2D eigenvalue weighted by atomic mass is 19.4. The molecule has 0 radical (unpaired) electrons. The van der Waals surface area contributed by atoms with Gasteiger partial charge in [-0.3, -0.25) is 4.90 Å². The van der Waals surface area contributed by atoms with Gasteiger partial charge in [0.1, 0.15) is 0 Å². The van der Waals surface area contributed by atoms with Crippen molar-refractivity contribution >= 4 is 0 Å². The molecule has 1 unspecified atom stereocenters. The van der Waals surface area contributed by atoms with Gasteiger partial charge < -0.3 is 5.32 Å². The molecule has 0 aliphatic carbocycles. The summed E-state index contributed by atoms with van der Waals surface area (Å²) in [5.74, 6) is 0.616. The van der Waals surface area contributed by atoms with Crippen LogP contribution in [0.1, 0.15) is 39.5 Å². The molecule has 0 saturated carbocycles. The van der Waals surface area contributed by atoms with Gasteiger partial charge in [-0.15, -0.1) is 0 Å². The molecule has 1 saturated heterocycles. The van der Waals surface area contributed by atoms with Gasteiger partial charge in [0.2, 0.25) is 0 Å². The van der Waals surface area contributed by atoms with Gasteiger partial charge in [0.25, 0.3) is 0 Å². The van der Waals surface area contributed by atoms with Crippen molar-refractivity contribution in [3.8, 4) is 0 Å². The second-order valence-corrected chi connectivity index (χ2v) is 5.60. The summed E-state index contributed by atoms with van der Waals surface area (Å²) in [6.07, 6.45) is -2.22. The van der Waals surface area contributed by atoms with E-state index in [-0.39, 0.29) is 6.42 Å². The maximum absolute atomic E-state index is 12.1. The Labute approximate surface area is 108 Å². The summed E-state index contributed by atoms with van der Waals surface area (Å²) in [5.41, 5.74) is 0. The van der Waals surface area contributed by atoms with E-state index in [9.17, 15) is 13.2 Å². The second kappa shape index (κ2) is 7.34. The van der Waals surface area contributed by atoms with E-state index in [1.165, 1.54) is 0 Å². The molecule has 0 amide bonds. The van der Waals surface area contributed by atoms with Crippen LogP contribution in [0.2, 0.25) is 0 Å². The minimum absolute atomic E-state index is 0.226. The molecule has 1 aliphatic heterocycles. The molecule has 18 heavy (non-hydrogen) atoms. The van der Waals surface area contributed by atoms with E-state index >= 15 is 0 Å². The highest BCUT2D eigenvalue weighted by molar-refractivity contribution is 4.81. The van der Waals surface area contributed by atoms with E-state index in [1.54, 1.807) is 0 Å². The maximum Gasteiger partial charge on any atom is 0.389 e. The monoisotopic (exact) mass is 266 g/mol. The third kappa shape index (κ3) is 6.59. The number of nitrogens with zero attached hydrogens (tertiary/aromatic N) is 1. The Hall–Kier alpha value is -0.290. The van der Waals surface area contributed by atoms with Crippen LogP contribution in [0.4, 0.5) is 13.2 Å². The van der Waals surface area contributed by atoms with Gasteiger partial charge in [-0.05, 0) is 44.8 Å². The normalized spacial score (nSPS) is 22.0. The molecular weight excluding hydrogens is 241 g/mol. The number of alkyl halides is 3. The van der Waals surface area contributed by atoms with Crippen molar-refractivity contribution in [2.75, 3.05) is 26.2 Å². The van der Waals surface area contributed by atoms with Crippen molar-refractivity contribution in [3.05, 3.63) is 0 Å². The van der Waals surface area contributed by atoms with E-state index in [0.717, 1.165) is 32.5 Å². The third-order valence-electron chi connectivity index (χ3n) is 3.34. The lowest BCUT2D eigenvalue weighted by Gasteiger charge is -2.25. The van der Waals surface area contributed by atoms with Crippen molar-refractivity contribution in [1.82, 2.24) is 10.2 Å². The summed E-state index contributed by atoms with van der Waals surface area (Å²) in [6, 6.07) is 0.428. The zero-order valence-corrected chi connectivity index (χ0v) is 11.4. The molecule has 1 rings (SSSR count). The number of hydrogen-bond donors (Lipinski definition) is 1. The van der Waals surface area contributed by atoms with Gasteiger partial charge in [0.15, 0.2) is 0 Å². The lowest BCUT2D eigenvalue weighted by molar-refractivity contribution is -0.136. The molecule has 1 atom stereocenters. The first-order chi connectivity index (χ1) is 8.38. The molecule has 0 aromatic heterocycles. The van der Waals surface area contributed by atoms with Crippen LogP contribution in [0.25, 0.3) is 0 Å². The van der Waals surface area contributed by atoms with Gasteiger partial charge in [-0.25, -0.2) is 0 Å². The van der Waals surface area contributed by atoms with Crippen LogP contribution in [0, 0.1) is 5.92 Å². The first-order valence-electron chi connectivity index (χ1n) is 6.90. The Morgan fingerprint density at radius 2 is 2.06 bits per heavy atom. The molecule has 2 nitrogen and oxygen atoms in total. The molecule has 1 fully saturated rings.